The fourth-order valence-electron chi connectivity index (χ4n) is 3.50. The number of hydrogen-bond acceptors (Lipinski definition) is 4. The van der Waals surface area contributed by atoms with Crippen LogP contribution in [-0.2, 0) is 22.7 Å². The Hall–Kier alpha value is -2.96. The number of likely N-dealkylation sites (tertiary alicyclic amines) is 1. The second-order valence-corrected chi connectivity index (χ2v) is 7.43. The number of aryl methyl sites for hydroxylation is 3. The molecule has 2 amide bonds. The molecule has 0 radical (unpaired) electrons. The minimum atomic E-state index is -0.355. The van der Waals surface area contributed by atoms with Gasteiger partial charge in [-0.25, -0.2) is 4.79 Å². The summed E-state index contributed by atoms with van der Waals surface area (Å²) in [6, 6.07) is 9.88. The molecular weight excluding hydrogens is 356 g/mol. The number of nitrogens with zero attached hydrogens (tertiary/aromatic N) is 3. The summed E-state index contributed by atoms with van der Waals surface area (Å²) in [6.45, 7) is 7.27. The third-order valence-electron chi connectivity index (χ3n) is 5.06. The van der Waals surface area contributed by atoms with Gasteiger partial charge in [-0.15, -0.1) is 0 Å². The standard InChI is InChI=1S/C21H26N4O3/c1-14-4-6-17(7-5-14)12-24-13-18(11-19(24)26)20(27)22-8-9-25-16(3)10-15(2)23-21(25)28/h4-7,10,18H,8-9,11-13H2,1-3H3,(H,22,27)/t18-/m0/s1. The molecular formula is C21H26N4O3. The van der Waals surface area contributed by atoms with Crippen molar-refractivity contribution >= 4 is 11.8 Å². The maximum absolute atomic E-state index is 12.5. The summed E-state index contributed by atoms with van der Waals surface area (Å²) < 4.78 is 1.54. The van der Waals surface area contributed by atoms with Crippen molar-refractivity contribution in [1.82, 2.24) is 19.8 Å². The van der Waals surface area contributed by atoms with E-state index >= 15 is 0 Å². The Morgan fingerprint density at radius 2 is 1.89 bits per heavy atom. The highest BCUT2D eigenvalue weighted by atomic mass is 16.2. The Balaban J connectivity index is 1.52. The van der Waals surface area contributed by atoms with E-state index in [1.807, 2.05) is 44.2 Å². The highest BCUT2D eigenvalue weighted by molar-refractivity contribution is 5.89. The molecule has 1 aromatic heterocycles. The van der Waals surface area contributed by atoms with Gasteiger partial charge < -0.3 is 10.2 Å². The minimum absolute atomic E-state index is 0.00414. The molecule has 0 spiro atoms. The summed E-state index contributed by atoms with van der Waals surface area (Å²) in [5, 5.41) is 2.85. The molecule has 1 aliphatic heterocycles. The van der Waals surface area contributed by atoms with Gasteiger partial charge in [0, 0.05) is 44.0 Å². The summed E-state index contributed by atoms with van der Waals surface area (Å²) in [4.78, 5) is 42.3. The molecule has 28 heavy (non-hydrogen) atoms. The van der Waals surface area contributed by atoms with Gasteiger partial charge in [-0.2, -0.15) is 4.98 Å². The van der Waals surface area contributed by atoms with Crippen molar-refractivity contribution in [1.29, 1.82) is 0 Å². The average molecular weight is 382 g/mol. The number of rotatable bonds is 6. The van der Waals surface area contributed by atoms with Crippen LogP contribution >= 0.6 is 0 Å². The predicted molar refractivity (Wildman–Crippen MR) is 106 cm³/mol. The van der Waals surface area contributed by atoms with E-state index in [-0.39, 0.29) is 29.8 Å². The van der Waals surface area contributed by atoms with Gasteiger partial charge in [0.25, 0.3) is 0 Å². The molecule has 1 aromatic carbocycles. The molecule has 1 fully saturated rings. The third-order valence-corrected chi connectivity index (χ3v) is 5.06. The number of amides is 2. The lowest BCUT2D eigenvalue weighted by molar-refractivity contribution is -0.129. The van der Waals surface area contributed by atoms with Crippen molar-refractivity contribution in [3.05, 3.63) is 63.3 Å². The van der Waals surface area contributed by atoms with Crippen molar-refractivity contribution < 1.29 is 9.59 Å². The van der Waals surface area contributed by atoms with E-state index < -0.39 is 0 Å². The van der Waals surface area contributed by atoms with Gasteiger partial charge in [-0.3, -0.25) is 14.2 Å². The maximum Gasteiger partial charge on any atom is 0.348 e. The van der Waals surface area contributed by atoms with Crippen LogP contribution in [0.3, 0.4) is 0 Å². The van der Waals surface area contributed by atoms with E-state index in [1.165, 1.54) is 10.1 Å². The number of carbonyl (C=O) groups excluding carboxylic acids is 2. The molecule has 0 bridgehead atoms. The van der Waals surface area contributed by atoms with Crippen LogP contribution in [0.4, 0.5) is 0 Å². The molecule has 3 rings (SSSR count). The highest BCUT2D eigenvalue weighted by Crippen LogP contribution is 2.20. The van der Waals surface area contributed by atoms with Gasteiger partial charge in [-0.1, -0.05) is 29.8 Å². The smallest absolute Gasteiger partial charge is 0.348 e. The van der Waals surface area contributed by atoms with E-state index in [0.29, 0.717) is 31.9 Å². The Kier molecular flexibility index (Phi) is 5.92. The van der Waals surface area contributed by atoms with Crippen LogP contribution in [0.15, 0.2) is 35.1 Å². The van der Waals surface area contributed by atoms with E-state index in [1.54, 1.807) is 11.8 Å². The lowest BCUT2D eigenvalue weighted by Crippen LogP contribution is -2.37. The number of carbonyl (C=O) groups is 2. The fraction of sp³-hybridized carbons (Fsp3) is 0.429. The average Bonchev–Trinajstić information content (AvgIpc) is 3.00. The molecule has 2 aromatic rings. The summed E-state index contributed by atoms with van der Waals surface area (Å²) >= 11 is 0. The van der Waals surface area contributed by atoms with E-state index in [0.717, 1.165) is 11.3 Å². The van der Waals surface area contributed by atoms with Gasteiger partial charge in [0.15, 0.2) is 0 Å². The van der Waals surface area contributed by atoms with Crippen LogP contribution in [0.1, 0.15) is 28.9 Å². The normalized spacial score (nSPS) is 16.5. The Labute approximate surface area is 164 Å². The molecule has 7 heteroatoms. The molecule has 1 saturated heterocycles. The monoisotopic (exact) mass is 382 g/mol. The maximum atomic E-state index is 12.5. The molecule has 7 nitrogen and oxygen atoms in total. The molecule has 148 valence electrons. The topological polar surface area (TPSA) is 84.3 Å². The largest absolute Gasteiger partial charge is 0.354 e. The summed E-state index contributed by atoms with van der Waals surface area (Å²) in [5.74, 6) is -0.507. The second-order valence-electron chi connectivity index (χ2n) is 7.43. The number of nitrogens with one attached hydrogen (secondary N) is 1. The van der Waals surface area contributed by atoms with Crippen LogP contribution in [0, 0.1) is 26.7 Å². The third kappa shape index (κ3) is 4.65. The lowest BCUT2D eigenvalue weighted by Gasteiger charge is -2.17. The van der Waals surface area contributed by atoms with Crippen LogP contribution in [0.2, 0.25) is 0 Å². The first-order valence-electron chi connectivity index (χ1n) is 9.49. The van der Waals surface area contributed by atoms with Gasteiger partial charge in [-0.05, 0) is 32.4 Å². The molecule has 1 atom stereocenters. The van der Waals surface area contributed by atoms with Crippen molar-refractivity contribution in [2.24, 2.45) is 5.92 Å². The van der Waals surface area contributed by atoms with Gasteiger partial charge in [0.1, 0.15) is 0 Å². The van der Waals surface area contributed by atoms with E-state index in [2.05, 4.69) is 10.3 Å². The summed E-state index contributed by atoms with van der Waals surface area (Å²) in [7, 11) is 0. The molecule has 0 saturated carbocycles. The Morgan fingerprint density at radius 3 is 2.57 bits per heavy atom. The van der Waals surface area contributed by atoms with E-state index in [4.69, 9.17) is 0 Å². The number of hydrogen-bond donors (Lipinski definition) is 1. The quantitative estimate of drug-likeness (QED) is 0.817. The van der Waals surface area contributed by atoms with E-state index in [9.17, 15) is 14.4 Å². The van der Waals surface area contributed by atoms with Gasteiger partial charge in [0.2, 0.25) is 11.8 Å². The van der Waals surface area contributed by atoms with Crippen molar-refractivity contribution in [2.45, 2.75) is 40.3 Å². The first-order chi connectivity index (χ1) is 13.3. The number of aromatic nitrogens is 2. The molecule has 0 unspecified atom stereocenters. The summed E-state index contributed by atoms with van der Waals surface area (Å²) in [5.41, 5.74) is 3.41. The number of benzene rings is 1. The second kappa shape index (κ2) is 8.37. The first kappa shape index (κ1) is 19.8. The zero-order valence-electron chi connectivity index (χ0n) is 16.6. The van der Waals surface area contributed by atoms with Gasteiger partial charge >= 0.3 is 5.69 Å². The Morgan fingerprint density at radius 1 is 1.18 bits per heavy atom. The fourth-order valence-corrected chi connectivity index (χ4v) is 3.50. The van der Waals surface area contributed by atoms with Crippen LogP contribution < -0.4 is 11.0 Å². The van der Waals surface area contributed by atoms with Crippen molar-refractivity contribution in [3.63, 3.8) is 0 Å². The van der Waals surface area contributed by atoms with Crippen LogP contribution in [0.25, 0.3) is 0 Å². The van der Waals surface area contributed by atoms with Crippen molar-refractivity contribution in [2.75, 3.05) is 13.1 Å². The molecule has 0 aliphatic carbocycles. The molecule has 1 aliphatic rings. The van der Waals surface area contributed by atoms with Crippen LogP contribution in [-0.4, -0.2) is 39.4 Å². The van der Waals surface area contributed by atoms with Crippen molar-refractivity contribution in [3.8, 4) is 0 Å². The minimum Gasteiger partial charge on any atom is -0.354 e. The predicted octanol–water partition coefficient (Wildman–Crippen LogP) is 1.33. The van der Waals surface area contributed by atoms with Crippen LogP contribution in [0.5, 0.6) is 0 Å². The first-order valence-corrected chi connectivity index (χ1v) is 9.49. The van der Waals surface area contributed by atoms with Gasteiger partial charge in [0.05, 0.1) is 5.92 Å². The summed E-state index contributed by atoms with van der Waals surface area (Å²) in [6.07, 6.45) is 0.225. The lowest BCUT2D eigenvalue weighted by atomic mass is 10.1. The highest BCUT2D eigenvalue weighted by Gasteiger charge is 2.34. The zero-order chi connectivity index (χ0) is 20.3. The Bertz CT molecular complexity index is 934. The SMILES string of the molecule is Cc1ccc(CN2C[C@@H](C(=O)NCCn3c(C)cc(C)nc3=O)CC2=O)cc1. The molecule has 2 heterocycles. The molecule has 1 N–H and O–H groups in total. The zero-order valence-corrected chi connectivity index (χ0v) is 16.6.